The van der Waals surface area contributed by atoms with Crippen molar-refractivity contribution in [2.75, 3.05) is 18.8 Å². The number of rotatable bonds is 2. The summed E-state index contributed by atoms with van der Waals surface area (Å²) in [5.41, 5.74) is 0. The molecule has 2 rings (SSSR count). The number of carbonyl (C=O) groups excluding carboxylic acids is 1. The van der Waals surface area contributed by atoms with Gasteiger partial charge in [0, 0.05) is 18.0 Å². The minimum absolute atomic E-state index is 0.0405. The number of amides is 1. The van der Waals surface area contributed by atoms with Gasteiger partial charge in [-0.15, -0.1) is 11.3 Å². The van der Waals surface area contributed by atoms with Gasteiger partial charge in [-0.2, -0.15) is 0 Å². The molecule has 1 amide bonds. The Hall–Kier alpha value is -1.14. The second kappa shape index (κ2) is 5.88. The van der Waals surface area contributed by atoms with E-state index < -0.39 is 15.1 Å². The maximum absolute atomic E-state index is 12.3. The quantitative estimate of drug-likeness (QED) is 0.785. The van der Waals surface area contributed by atoms with Crippen LogP contribution in [0.3, 0.4) is 0 Å². The first-order valence-corrected chi connectivity index (χ1v) is 8.80. The Morgan fingerprint density at radius 3 is 2.89 bits per heavy atom. The van der Waals surface area contributed by atoms with E-state index in [9.17, 15) is 13.2 Å². The summed E-state index contributed by atoms with van der Waals surface area (Å²) in [5.74, 6) is -0.0664. The van der Waals surface area contributed by atoms with Crippen molar-refractivity contribution in [3.8, 4) is 0 Å². The molecule has 0 saturated carbocycles. The summed E-state index contributed by atoms with van der Waals surface area (Å²) >= 11 is 1.46. The summed E-state index contributed by atoms with van der Waals surface area (Å²) in [6.07, 6.45) is 3.64. The van der Waals surface area contributed by atoms with E-state index in [4.69, 9.17) is 0 Å². The average Bonchev–Trinajstić information content (AvgIpc) is 2.81. The van der Waals surface area contributed by atoms with Gasteiger partial charge in [0.15, 0.2) is 9.84 Å². The molecule has 1 aliphatic rings. The Balaban J connectivity index is 2.19. The minimum atomic E-state index is -3.17. The van der Waals surface area contributed by atoms with E-state index in [1.54, 1.807) is 17.9 Å². The highest BCUT2D eigenvalue weighted by Gasteiger charge is 2.32. The number of thiophene rings is 1. The maximum atomic E-state index is 12.3. The minimum Gasteiger partial charge on any atom is -0.338 e. The third-order valence-corrected chi connectivity index (χ3v) is 6.47. The molecule has 1 fully saturated rings. The first-order valence-electron chi connectivity index (χ1n) is 6.21. The lowest BCUT2D eigenvalue weighted by Crippen LogP contribution is -2.32. The van der Waals surface area contributed by atoms with Crippen LogP contribution in [0, 0.1) is 0 Å². The van der Waals surface area contributed by atoms with E-state index in [0.717, 1.165) is 4.88 Å². The van der Waals surface area contributed by atoms with Crippen LogP contribution in [0.2, 0.25) is 0 Å². The fourth-order valence-corrected chi connectivity index (χ4v) is 5.21. The summed E-state index contributed by atoms with van der Waals surface area (Å²) in [6.45, 7) is 2.55. The van der Waals surface area contributed by atoms with Crippen molar-refractivity contribution in [2.45, 2.75) is 18.6 Å². The lowest BCUT2D eigenvalue weighted by Gasteiger charge is -2.17. The van der Waals surface area contributed by atoms with E-state index in [0.29, 0.717) is 13.0 Å². The maximum Gasteiger partial charge on any atom is 0.246 e. The molecule has 0 aromatic carbocycles. The van der Waals surface area contributed by atoms with Crippen molar-refractivity contribution in [2.24, 2.45) is 0 Å². The third-order valence-electron chi connectivity index (χ3n) is 3.22. The van der Waals surface area contributed by atoms with E-state index >= 15 is 0 Å². The largest absolute Gasteiger partial charge is 0.338 e. The van der Waals surface area contributed by atoms with Gasteiger partial charge in [0.25, 0.3) is 0 Å². The van der Waals surface area contributed by atoms with Crippen molar-refractivity contribution >= 4 is 27.1 Å². The molecule has 104 valence electrons. The van der Waals surface area contributed by atoms with Crippen molar-refractivity contribution in [1.29, 1.82) is 0 Å². The molecule has 1 unspecified atom stereocenters. The molecule has 1 aromatic rings. The zero-order valence-electron chi connectivity index (χ0n) is 10.8. The molecule has 1 saturated heterocycles. The van der Waals surface area contributed by atoms with E-state index in [-0.39, 0.29) is 18.2 Å². The van der Waals surface area contributed by atoms with Crippen molar-refractivity contribution in [1.82, 2.24) is 4.90 Å². The van der Waals surface area contributed by atoms with Crippen LogP contribution in [0.4, 0.5) is 0 Å². The van der Waals surface area contributed by atoms with Crippen LogP contribution in [0.25, 0.3) is 0 Å². The van der Waals surface area contributed by atoms with Crippen molar-refractivity contribution in [3.63, 3.8) is 0 Å². The molecule has 2 heterocycles. The summed E-state index contributed by atoms with van der Waals surface area (Å²) in [6, 6.07) is 3.72. The second-order valence-corrected chi connectivity index (χ2v) is 7.77. The summed E-state index contributed by atoms with van der Waals surface area (Å²) in [7, 11) is -3.17. The summed E-state index contributed by atoms with van der Waals surface area (Å²) in [4.78, 5) is 14.3. The molecular weight excluding hydrogens is 282 g/mol. The fourth-order valence-electron chi connectivity index (χ4n) is 2.21. The Bertz CT molecular complexity index is 561. The van der Waals surface area contributed by atoms with Crippen LogP contribution < -0.4 is 0 Å². The predicted octanol–water partition coefficient (Wildman–Crippen LogP) is 2.01. The molecule has 0 aliphatic carbocycles. The summed E-state index contributed by atoms with van der Waals surface area (Å²) < 4.78 is 24.6. The molecule has 1 atom stereocenters. The first-order chi connectivity index (χ1) is 9.04. The highest BCUT2D eigenvalue weighted by atomic mass is 32.2. The van der Waals surface area contributed by atoms with Crippen LogP contribution >= 0.6 is 11.3 Å². The van der Waals surface area contributed by atoms with Gasteiger partial charge in [0.2, 0.25) is 5.91 Å². The van der Waals surface area contributed by atoms with Gasteiger partial charge in [-0.1, -0.05) is 12.1 Å². The van der Waals surface area contributed by atoms with Gasteiger partial charge in [-0.25, -0.2) is 8.42 Å². The molecule has 1 aromatic heterocycles. The van der Waals surface area contributed by atoms with Gasteiger partial charge < -0.3 is 4.90 Å². The number of hydrogen-bond acceptors (Lipinski definition) is 4. The molecule has 0 bridgehead atoms. The van der Waals surface area contributed by atoms with Gasteiger partial charge in [-0.3, -0.25) is 4.79 Å². The van der Waals surface area contributed by atoms with Crippen LogP contribution in [-0.4, -0.2) is 38.1 Å². The SMILES string of the molecule is CC=CC(=O)N1CCC(c2cccs2)S(=O)(=O)CC1. The van der Waals surface area contributed by atoms with Gasteiger partial charge >= 0.3 is 0 Å². The monoisotopic (exact) mass is 299 g/mol. The standard InChI is InChI=1S/C13H17NO3S2/c1-2-4-13(15)14-7-6-12(11-5-3-9-18-11)19(16,17)10-8-14/h2-5,9,12H,6-8,10H2,1H3. The lowest BCUT2D eigenvalue weighted by atomic mass is 10.2. The fraction of sp³-hybridized carbons (Fsp3) is 0.462. The number of nitrogens with zero attached hydrogens (tertiary/aromatic N) is 1. The van der Waals surface area contributed by atoms with Crippen molar-refractivity contribution in [3.05, 3.63) is 34.5 Å². The molecule has 0 spiro atoms. The van der Waals surface area contributed by atoms with Crippen LogP contribution in [0.15, 0.2) is 29.7 Å². The Labute approximate surface area is 117 Å². The topological polar surface area (TPSA) is 54.5 Å². The van der Waals surface area contributed by atoms with Gasteiger partial charge in [0.1, 0.15) is 0 Å². The zero-order valence-corrected chi connectivity index (χ0v) is 12.4. The first kappa shape index (κ1) is 14.3. The molecular formula is C13H17NO3S2. The van der Waals surface area contributed by atoms with Gasteiger partial charge in [0.05, 0.1) is 11.0 Å². The van der Waals surface area contributed by atoms with E-state index in [1.165, 1.54) is 17.4 Å². The smallest absolute Gasteiger partial charge is 0.246 e. The molecule has 6 heteroatoms. The molecule has 4 nitrogen and oxygen atoms in total. The average molecular weight is 299 g/mol. The molecule has 1 aliphatic heterocycles. The Morgan fingerprint density at radius 2 is 2.26 bits per heavy atom. The Kier molecular flexibility index (Phi) is 4.42. The normalized spacial score (nSPS) is 23.4. The third kappa shape index (κ3) is 3.25. The number of allylic oxidation sites excluding steroid dienone is 1. The zero-order chi connectivity index (χ0) is 13.9. The Morgan fingerprint density at radius 1 is 1.47 bits per heavy atom. The van der Waals surface area contributed by atoms with Crippen LogP contribution in [-0.2, 0) is 14.6 Å². The molecule has 0 radical (unpaired) electrons. The second-order valence-electron chi connectivity index (χ2n) is 4.49. The molecule has 19 heavy (non-hydrogen) atoms. The highest BCUT2D eigenvalue weighted by Crippen LogP contribution is 2.32. The summed E-state index contributed by atoms with van der Waals surface area (Å²) in [5, 5.41) is 1.43. The number of hydrogen-bond donors (Lipinski definition) is 0. The number of carbonyl (C=O) groups is 1. The molecule has 0 N–H and O–H groups in total. The van der Waals surface area contributed by atoms with E-state index in [1.807, 2.05) is 17.5 Å². The number of sulfone groups is 1. The van der Waals surface area contributed by atoms with E-state index in [2.05, 4.69) is 0 Å². The predicted molar refractivity (Wildman–Crippen MR) is 76.9 cm³/mol. The van der Waals surface area contributed by atoms with Crippen LogP contribution in [0.1, 0.15) is 23.5 Å². The van der Waals surface area contributed by atoms with Crippen LogP contribution in [0.5, 0.6) is 0 Å². The van der Waals surface area contributed by atoms with Crippen molar-refractivity contribution < 1.29 is 13.2 Å². The highest BCUT2D eigenvalue weighted by molar-refractivity contribution is 7.91. The lowest BCUT2D eigenvalue weighted by molar-refractivity contribution is -0.125. The van der Waals surface area contributed by atoms with Gasteiger partial charge in [-0.05, 0) is 30.9 Å².